The molecule has 1 aliphatic carbocycles. The zero-order chi connectivity index (χ0) is 14.8. The fourth-order valence-electron chi connectivity index (χ4n) is 2.39. The minimum absolute atomic E-state index is 0.0437. The third-order valence-electron chi connectivity index (χ3n) is 3.80. The Hall–Kier alpha value is -2.07. The van der Waals surface area contributed by atoms with Crippen LogP contribution in [0.25, 0.3) is 0 Å². The van der Waals surface area contributed by atoms with Crippen LogP contribution < -0.4 is 5.73 Å². The van der Waals surface area contributed by atoms with Gasteiger partial charge in [0.2, 0.25) is 0 Å². The molecule has 0 aliphatic heterocycles. The molecule has 4 nitrogen and oxygen atoms in total. The highest BCUT2D eigenvalue weighted by molar-refractivity contribution is 5.92. The maximum atomic E-state index is 12.6. The topological polar surface area (TPSA) is 59.5 Å². The third kappa shape index (κ3) is 3.16. The number of hydrogen-bond donors (Lipinski definition) is 1. The largest absolute Gasteiger partial charge is 0.455 e. The lowest BCUT2D eigenvalue weighted by molar-refractivity contribution is 0.0695. The molecule has 1 heterocycles. The van der Waals surface area contributed by atoms with Crippen LogP contribution in [0.15, 0.2) is 40.8 Å². The first-order valence-corrected chi connectivity index (χ1v) is 7.32. The number of amides is 1. The summed E-state index contributed by atoms with van der Waals surface area (Å²) in [7, 11) is 0. The van der Waals surface area contributed by atoms with E-state index in [4.69, 9.17) is 10.2 Å². The molecule has 0 atom stereocenters. The van der Waals surface area contributed by atoms with E-state index in [9.17, 15) is 4.79 Å². The van der Waals surface area contributed by atoms with Gasteiger partial charge in [-0.25, -0.2) is 0 Å². The number of hydrogen-bond acceptors (Lipinski definition) is 3. The lowest BCUT2D eigenvalue weighted by Gasteiger charge is -2.21. The molecule has 1 aromatic heterocycles. The molecule has 1 fully saturated rings. The van der Waals surface area contributed by atoms with E-state index >= 15 is 0 Å². The third-order valence-corrected chi connectivity index (χ3v) is 3.80. The van der Waals surface area contributed by atoms with Crippen molar-refractivity contribution in [2.24, 2.45) is 5.73 Å². The van der Waals surface area contributed by atoms with Crippen molar-refractivity contribution < 1.29 is 9.21 Å². The number of benzene rings is 1. The van der Waals surface area contributed by atoms with Gasteiger partial charge in [-0.05, 0) is 37.5 Å². The van der Waals surface area contributed by atoms with E-state index in [0.717, 1.165) is 18.4 Å². The zero-order valence-corrected chi connectivity index (χ0v) is 12.2. The van der Waals surface area contributed by atoms with Crippen LogP contribution >= 0.6 is 0 Å². The zero-order valence-electron chi connectivity index (χ0n) is 12.2. The summed E-state index contributed by atoms with van der Waals surface area (Å²) in [6.45, 7) is 3.00. The van der Waals surface area contributed by atoms with Crippen molar-refractivity contribution >= 4 is 5.91 Å². The van der Waals surface area contributed by atoms with E-state index in [0.29, 0.717) is 30.7 Å². The van der Waals surface area contributed by atoms with Crippen LogP contribution in [0.4, 0.5) is 0 Å². The van der Waals surface area contributed by atoms with Crippen LogP contribution in [-0.4, -0.2) is 16.8 Å². The number of rotatable bonds is 5. The molecule has 0 saturated heterocycles. The Morgan fingerprint density at radius 1 is 1.24 bits per heavy atom. The van der Waals surface area contributed by atoms with E-state index in [-0.39, 0.29) is 5.91 Å². The SMILES string of the molecule is Cc1ccc(CN(C(=O)c2ccc(CN)o2)C2CC2)cc1. The number of furan rings is 1. The second-order valence-electron chi connectivity index (χ2n) is 5.62. The first-order chi connectivity index (χ1) is 10.2. The molecule has 1 aromatic carbocycles. The van der Waals surface area contributed by atoms with Gasteiger partial charge in [0, 0.05) is 12.6 Å². The number of carbonyl (C=O) groups excluding carboxylic acids is 1. The van der Waals surface area contributed by atoms with Crippen LogP contribution in [0.5, 0.6) is 0 Å². The average Bonchev–Trinajstić information content (AvgIpc) is 3.22. The summed E-state index contributed by atoms with van der Waals surface area (Å²) < 4.78 is 5.49. The first kappa shape index (κ1) is 13.9. The summed E-state index contributed by atoms with van der Waals surface area (Å²) >= 11 is 0. The molecule has 1 amide bonds. The molecule has 1 saturated carbocycles. The van der Waals surface area contributed by atoms with Gasteiger partial charge >= 0.3 is 0 Å². The Morgan fingerprint density at radius 3 is 2.52 bits per heavy atom. The molecule has 0 spiro atoms. The minimum atomic E-state index is -0.0437. The van der Waals surface area contributed by atoms with Gasteiger partial charge in [0.05, 0.1) is 6.54 Å². The standard InChI is InChI=1S/C17H20N2O2/c1-12-2-4-13(5-3-12)11-19(14-6-7-14)17(20)16-9-8-15(10-18)21-16/h2-5,8-9,14H,6-7,10-11,18H2,1H3. The van der Waals surface area contributed by atoms with E-state index in [2.05, 4.69) is 31.2 Å². The molecule has 0 radical (unpaired) electrons. The second-order valence-corrected chi connectivity index (χ2v) is 5.62. The highest BCUT2D eigenvalue weighted by atomic mass is 16.4. The lowest BCUT2D eigenvalue weighted by Crippen LogP contribution is -2.32. The van der Waals surface area contributed by atoms with Crippen molar-refractivity contribution in [2.45, 2.75) is 38.9 Å². The van der Waals surface area contributed by atoms with Crippen molar-refractivity contribution in [2.75, 3.05) is 0 Å². The molecule has 21 heavy (non-hydrogen) atoms. The Bertz CT molecular complexity index is 626. The van der Waals surface area contributed by atoms with E-state index in [1.54, 1.807) is 12.1 Å². The molecule has 3 rings (SSSR count). The molecule has 4 heteroatoms. The summed E-state index contributed by atoms with van der Waals surface area (Å²) in [6, 6.07) is 12.1. The lowest BCUT2D eigenvalue weighted by atomic mass is 10.1. The quantitative estimate of drug-likeness (QED) is 0.918. The second kappa shape index (κ2) is 5.74. The van der Waals surface area contributed by atoms with Gasteiger partial charge in [-0.3, -0.25) is 4.79 Å². The van der Waals surface area contributed by atoms with Gasteiger partial charge in [-0.2, -0.15) is 0 Å². The molecule has 0 bridgehead atoms. The van der Waals surface area contributed by atoms with Crippen molar-refractivity contribution in [3.05, 3.63) is 59.0 Å². The van der Waals surface area contributed by atoms with Gasteiger partial charge in [0.15, 0.2) is 5.76 Å². The average molecular weight is 284 g/mol. The molecule has 2 N–H and O–H groups in total. The van der Waals surface area contributed by atoms with Crippen molar-refractivity contribution in [3.8, 4) is 0 Å². The van der Waals surface area contributed by atoms with Crippen LogP contribution in [0.3, 0.4) is 0 Å². The molecular weight excluding hydrogens is 264 g/mol. The normalized spacial score (nSPS) is 14.2. The predicted molar refractivity (Wildman–Crippen MR) is 80.7 cm³/mol. The van der Waals surface area contributed by atoms with Crippen LogP contribution in [0, 0.1) is 6.92 Å². The molecular formula is C17H20N2O2. The van der Waals surface area contributed by atoms with Gasteiger partial charge in [-0.15, -0.1) is 0 Å². The summed E-state index contributed by atoms with van der Waals surface area (Å²) in [6.07, 6.45) is 2.14. The maximum Gasteiger partial charge on any atom is 0.290 e. The molecule has 1 aliphatic rings. The molecule has 110 valence electrons. The van der Waals surface area contributed by atoms with Crippen LogP contribution in [0.2, 0.25) is 0 Å². The molecule has 2 aromatic rings. The first-order valence-electron chi connectivity index (χ1n) is 7.32. The summed E-state index contributed by atoms with van der Waals surface area (Å²) in [4.78, 5) is 14.5. The van der Waals surface area contributed by atoms with Crippen LogP contribution in [-0.2, 0) is 13.1 Å². The Labute approximate surface area is 124 Å². The van der Waals surface area contributed by atoms with Gasteiger partial charge in [-0.1, -0.05) is 29.8 Å². The van der Waals surface area contributed by atoms with Gasteiger partial charge < -0.3 is 15.1 Å². The Morgan fingerprint density at radius 2 is 1.95 bits per heavy atom. The van der Waals surface area contributed by atoms with E-state index in [1.165, 1.54) is 5.56 Å². The number of nitrogens with zero attached hydrogens (tertiary/aromatic N) is 1. The monoisotopic (exact) mass is 284 g/mol. The van der Waals surface area contributed by atoms with Crippen molar-refractivity contribution in [3.63, 3.8) is 0 Å². The Balaban J connectivity index is 1.77. The highest BCUT2D eigenvalue weighted by Gasteiger charge is 2.34. The fourth-order valence-corrected chi connectivity index (χ4v) is 2.39. The maximum absolute atomic E-state index is 12.6. The minimum Gasteiger partial charge on any atom is -0.455 e. The Kier molecular flexibility index (Phi) is 3.80. The smallest absolute Gasteiger partial charge is 0.290 e. The predicted octanol–water partition coefficient (Wildman–Crippen LogP) is 2.85. The van der Waals surface area contributed by atoms with Crippen LogP contribution in [0.1, 0.15) is 40.3 Å². The number of carbonyl (C=O) groups is 1. The summed E-state index contributed by atoms with van der Waals surface area (Å²) in [5, 5.41) is 0. The fraction of sp³-hybridized carbons (Fsp3) is 0.353. The van der Waals surface area contributed by atoms with Gasteiger partial charge in [0.1, 0.15) is 5.76 Å². The summed E-state index contributed by atoms with van der Waals surface area (Å²) in [5.41, 5.74) is 7.90. The summed E-state index contributed by atoms with van der Waals surface area (Å²) in [5.74, 6) is 0.983. The van der Waals surface area contributed by atoms with E-state index < -0.39 is 0 Å². The van der Waals surface area contributed by atoms with Gasteiger partial charge in [0.25, 0.3) is 5.91 Å². The highest BCUT2D eigenvalue weighted by Crippen LogP contribution is 2.30. The number of aryl methyl sites for hydroxylation is 1. The molecule has 0 unspecified atom stereocenters. The van der Waals surface area contributed by atoms with Crippen molar-refractivity contribution in [1.29, 1.82) is 0 Å². The number of nitrogens with two attached hydrogens (primary N) is 1. The van der Waals surface area contributed by atoms with Crippen molar-refractivity contribution in [1.82, 2.24) is 4.90 Å². The van der Waals surface area contributed by atoms with E-state index in [1.807, 2.05) is 4.90 Å².